The van der Waals surface area contributed by atoms with Crippen LogP contribution in [-0.4, -0.2) is 29.0 Å². The Morgan fingerprint density at radius 1 is 1.44 bits per heavy atom. The number of aryl methyl sites for hydroxylation is 1. The van der Waals surface area contributed by atoms with Gasteiger partial charge in [0.1, 0.15) is 0 Å². The summed E-state index contributed by atoms with van der Waals surface area (Å²) in [6, 6.07) is 0.780. The van der Waals surface area contributed by atoms with Crippen LogP contribution in [0.1, 0.15) is 43.8 Å². The molecule has 2 nitrogen and oxygen atoms in total. The molecule has 1 aliphatic rings. The summed E-state index contributed by atoms with van der Waals surface area (Å²) >= 11 is 7.50. The van der Waals surface area contributed by atoms with Gasteiger partial charge in [0.2, 0.25) is 0 Å². The van der Waals surface area contributed by atoms with Crippen molar-refractivity contribution in [1.29, 1.82) is 0 Å². The number of thiazole rings is 1. The normalized spacial score (nSPS) is 24.8. The standard InChI is InChI=1S/C14H23ClN2S/c1-11-7-12(2)17(9-11)6-4-3-5-14-16-13(8-15)10-18-14/h10-12H,3-9H2,1-2H3. The molecule has 1 aromatic rings. The van der Waals surface area contributed by atoms with Crippen LogP contribution in [-0.2, 0) is 12.3 Å². The first-order valence-electron chi connectivity index (χ1n) is 6.92. The molecule has 0 aliphatic carbocycles. The molecule has 0 bridgehead atoms. The minimum Gasteiger partial charge on any atom is -0.300 e. The number of aromatic nitrogens is 1. The Bertz CT molecular complexity index is 366. The van der Waals surface area contributed by atoms with Crippen molar-refractivity contribution in [2.75, 3.05) is 13.1 Å². The van der Waals surface area contributed by atoms with Crippen LogP contribution in [0.15, 0.2) is 5.38 Å². The van der Waals surface area contributed by atoms with E-state index in [9.17, 15) is 0 Å². The van der Waals surface area contributed by atoms with Crippen LogP contribution in [0.5, 0.6) is 0 Å². The fourth-order valence-electron chi connectivity index (χ4n) is 2.81. The lowest BCUT2D eigenvalue weighted by Crippen LogP contribution is -2.28. The number of rotatable bonds is 6. The zero-order chi connectivity index (χ0) is 13.0. The van der Waals surface area contributed by atoms with Crippen LogP contribution in [0.2, 0.25) is 0 Å². The van der Waals surface area contributed by atoms with Crippen molar-refractivity contribution in [3.63, 3.8) is 0 Å². The van der Waals surface area contributed by atoms with Gasteiger partial charge in [-0.3, -0.25) is 0 Å². The fraction of sp³-hybridized carbons (Fsp3) is 0.786. The molecule has 0 spiro atoms. The van der Waals surface area contributed by atoms with E-state index < -0.39 is 0 Å². The molecule has 0 radical (unpaired) electrons. The van der Waals surface area contributed by atoms with E-state index in [4.69, 9.17) is 11.6 Å². The Morgan fingerprint density at radius 2 is 2.28 bits per heavy atom. The van der Waals surface area contributed by atoms with E-state index in [1.165, 1.54) is 37.4 Å². The van der Waals surface area contributed by atoms with Gasteiger partial charge >= 0.3 is 0 Å². The molecule has 2 rings (SSSR count). The van der Waals surface area contributed by atoms with Gasteiger partial charge in [0, 0.05) is 18.0 Å². The molecular formula is C14H23ClN2S. The largest absolute Gasteiger partial charge is 0.300 e. The predicted molar refractivity (Wildman–Crippen MR) is 79.4 cm³/mol. The second-order valence-corrected chi connectivity index (χ2v) is 6.72. The molecule has 2 unspecified atom stereocenters. The molecule has 1 aliphatic heterocycles. The molecule has 1 aromatic heterocycles. The van der Waals surface area contributed by atoms with Crippen molar-refractivity contribution in [3.05, 3.63) is 16.1 Å². The lowest BCUT2D eigenvalue weighted by Gasteiger charge is -2.20. The third kappa shape index (κ3) is 3.94. The van der Waals surface area contributed by atoms with Crippen LogP contribution < -0.4 is 0 Å². The first kappa shape index (κ1) is 14.3. The van der Waals surface area contributed by atoms with E-state index >= 15 is 0 Å². The number of likely N-dealkylation sites (tertiary alicyclic amines) is 1. The molecule has 0 saturated carbocycles. The molecule has 0 aromatic carbocycles. The monoisotopic (exact) mass is 286 g/mol. The highest BCUT2D eigenvalue weighted by Crippen LogP contribution is 2.22. The summed E-state index contributed by atoms with van der Waals surface area (Å²) in [6.45, 7) is 7.25. The van der Waals surface area contributed by atoms with E-state index in [2.05, 4.69) is 29.1 Å². The number of hydrogen-bond donors (Lipinski definition) is 0. The lowest BCUT2D eigenvalue weighted by molar-refractivity contribution is 0.260. The maximum atomic E-state index is 5.75. The first-order chi connectivity index (χ1) is 8.69. The van der Waals surface area contributed by atoms with Crippen molar-refractivity contribution in [2.45, 2.75) is 51.5 Å². The molecular weight excluding hydrogens is 264 g/mol. The number of alkyl halides is 1. The Balaban J connectivity index is 1.64. The van der Waals surface area contributed by atoms with Crippen molar-refractivity contribution in [3.8, 4) is 0 Å². The average Bonchev–Trinajstić information content (AvgIpc) is 2.92. The van der Waals surface area contributed by atoms with Crippen LogP contribution in [0.3, 0.4) is 0 Å². The zero-order valence-electron chi connectivity index (χ0n) is 11.4. The van der Waals surface area contributed by atoms with Crippen molar-refractivity contribution < 1.29 is 0 Å². The summed E-state index contributed by atoms with van der Waals surface area (Å²) in [7, 11) is 0. The number of halogens is 1. The Morgan fingerprint density at radius 3 is 2.89 bits per heavy atom. The second kappa shape index (κ2) is 6.88. The van der Waals surface area contributed by atoms with Crippen molar-refractivity contribution in [1.82, 2.24) is 9.88 Å². The third-order valence-corrected chi connectivity index (χ3v) is 4.97. The number of unbranched alkanes of at least 4 members (excludes halogenated alkanes) is 1. The zero-order valence-corrected chi connectivity index (χ0v) is 12.9. The van der Waals surface area contributed by atoms with Crippen molar-refractivity contribution >= 4 is 22.9 Å². The maximum absolute atomic E-state index is 5.75. The molecule has 4 heteroatoms. The van der Waals surface area contributed by atoms with Crippen LogP contribution >= 0.6 is 22.9 Å². The summed E-state index contributed by atoms with van der Waals surface area (Å²) < 4.78 is 0. The van der Waals surface area contributed by atoms with Gasteiger partial charge in [0.25, 0.3) is 0 Å². The number of nitrogens with zero attached hydrogens (tertiary/aromatic N) is 2. The van der Waals surface area contributed by atoms with E-state index in [0.717, 1.165) is 24.1 Å². The summed E-state index contributed by atoms with van der Waals surface area (Å²) in [5.74, 6) is 1.42. The smallest absolute Gasteiger partial charge is 0.0928 e. The molecule has 2 heterocycles. The fourth-order valence-corrected chi connectivity index (χ4v) is 3.88. The second-order valence-electron chi connectivity index (χ2n) is 5.51. The van der Waals surface area contributed by atoms with Gasteiger partial charge in [-0.25, -0.2) is 4.98 Å². The molecule has 0 amide bonds. The van der Waals surface area contributed by atoms with Gasteiger partial charge in [0.15, 0.2) is 0 Å². The number of hydrogen-bond acceptors (Lipinski definition) is 3. The predicted octanol–water partition coefficient (Wildman–Crippen LogP) is 3.93. The Kier molecular flexibility index (Phi) is 5.46. The Hall–Kier alpha value is -0.120. The van der Waals surface area contributed by atoms with Gasteiger partial charge in [-0.05, 0) is 45.1 Å². The summed E-state index contributed by atoms with van der Waals surface area (Å²) in [6.07, 6.45) is 5.00. The van der Waals surface area contributed by atoms with Gasteiger partial charge in [-0.2, -0.15) is 0 Å². The van der Waals surface area contributed by atoms with Gasteiger partial charge in [-0.1, -0.05) is 6.92 Å². The molecule has 1 saturated heterocycles. The summed E-state index contributed by atoms with van der Waals surface area (Å²) in [5, 5.41) is 3.32. The molecule has 2 atom stereocenters. The quantitative estimate of drug-likeness (QED) is 0.582. The molecule has 102 valence electrons. The van der Waals surface area contributed by atoms with E-state index in [1.807, 2.05) is 0 Å². The molecule has 1 fully saturated rings. The van der Waals surface area contributed by atoms with E-state index in [-0.39, 0.29) is 0 Å². The average molecular weight is 287 g/mol. The summed E-state index contributed by atoms with van der Waals surface area (Å²) in [4.78, 5) is 7.13. The van der Waals surface area contributed by atoms with Gasteiger partial charge in [0.05, 0.1) is 16.6 Å². The third-order valence-electron chi connectivity index (χ3n) is 3.74. The lowest BCUT2D eigenvalue weighted by atomic mass is 10.1. The van der Waals surface area contributed by atoms with Crippen LogP contribution in [0.25, 0.3) is 0 Å². The highest BCUT2D eigenvalue weighted by atomic mass is 35.5. The minimum atomic E-state index is 0.541. The minimum absolute atomic E-state index is 0.541. The topological polar surface area (TPSA) is 16.1 Å². The Labute approximate surface area is 119 Å². The molecule has 18 heavy (non-hydrogen) atoms. The highest BCUT2D eigenvalue weighted by molar-refractivity contribution is 7.09. The summed E-state index contributed by atoms with van der Waals surface area (Å²) in [5.41, 5.74) is 1.03. The van der Waals surface area contributed by atoms with Crippen LogP contribution in [0, 0.1) is 5.92 Å². The van der Waals surface area contributed by atoms with Crippen molar-refractivity contribution in [2.24, 2.45) is 5.92 Å². The van der Waals surface area contributed by atoms with Gasteiger partial charge in [-0.15, -0.1) is 22.9 Å². The SMILES string of the molecule is CC1CC(C)N(CCCCc2nc(CCl)cs2)C1. The van der Waals surface area contributed by atoms with Crippen LogP contribution in [0.4, 0.5) is 0 Å². The van der Waals surface area contributed by atoms with E-state index in [0.29, 0.717) is 5.88 Å². The first-order valence-corrected chi connectivity index (χ1v) is 8.33. The van der Waals surface area contributed by atoms with E-state index in [1.54, 1.807) is 11.3 Å². The maximum Gasteiger partial charge on any atom is 0.0928 e. The van der Waals surface area contributed by atoms with Gasteiger partial charge < -0.3 is 4.90 Å². The highest BCUT2D eigenvalue weighted by Gasteiger charge is 2.24. The molecule has 0 N–H and O–H groups in total.